The summed E-state index contributed by atoms with van der Waals surface area (Å²) in [5, 5.41) is 0. The minimum absolute atomic E-state index is 0.0625. The SMILES string of the molecule is CCCCCCCCCCCCCCCC(=O)O[C@H](COC(=O)CCCCCCCCCCCCCCCCCCC(C)C)COC(=O)CCCCCCCCCCCCCCC(C)C. The van der Waals surface area contributed by atoms with Crippen LogP contribution in [0.25, 0.3) is 0 Å². The van der Waals surface area contributed by atoms with Crippen LogP contribution in [0.5, 0.6) is 0 Å². The van der Waals surface area contributed by atoms with Crippen LogP contribution in [0.3, 0.4) is 0 Å². The first-order valence-corrected chi connectivity index (χ1v) is 29.2. The smallest absolute Gasteiger partial charge is 0.306 e. The van der Waals surface area contributed by atoms with Crippen molar-refractivity contribution in [2.75, 3.05) is 13.2 Å². The van der Waals surface area contributed by atoms with E-state index in [0.717, 1.165) is 69.6 Å². The molecule has 0 fully saturated rings. The fourth-order valence-electron chi connectivity index (χ4n) is 9.05. The molecule has 0 rings (SSSR count). The molecule has 0 aromatic heterocycles. The summed E-state index contributed by atoms with van der Waals surface area (Å²) in [6, 6.07) is 0. The van der Waals surface area contributed by atoms with Gasteiger partial charge in [0.1, 0.15) is 13.2 Å². The number of esters is 3. The van der Waals surface area contributed by atoms with Crippen molar-refractivity contribution in [3.63, 3.8) is 0 Å². The predicted molar refractivity (Wildman–Crippen MR) is 280 cm³/mol. The van der Waals surface area contributed by atoms with Crippen molar-refractivity contribution >= 4 is 17.9 Å². The molecule has 0 N–H and O–H groups in total. The van der Waals surface area contributed by atoms with Gasteiger partial charge in [0.2, 0.25) is 0 Å². The van der Waals surface area contributed by atoms with Crippen LogP contribution in [-0.2, 0) is 28.6 Å². The zero-order chi connectivity index (χ0) is 47.5. The van der Waals surface area contributed by atoms with E-state index in [9.17, 15) is 14.4 Å². The Morgan fingerprint density at radius 2 is 0.508 bits per heavy atom. The summed E-state index contributed by atoms with van der Waals surface area (Å²) in [6.07, 6.45) is 55.2. The van der Waals surface area contributed by atoms with Gasteiger partial charge in [0.05, 0.1) is 0 Å². The maximum absolute atomic E-state index is 12.8. The van der Waals surface area contributed by atoms with Crippen LogP contribution in [0.1, 0.15) is 330 Å². The Morgan fingerprint density at radius 3 is 0.754 bits per heavy atom. The van der Waals surface area contributed by atoms with Crippen molar-refractivity contribution in [1.29, 1.82) is 0 Å². The van der Waals surface area contributed by atoms with E-state index in [-0.39, 0.29) is 31.1 Å². The molecule has 0 heterocycles. The molecule has 0 aromatic carbocycles. The van der Waals surface area contributed by atoms with Crippen molar-refractivity contribution in [1.82, 2.24) is 0 Å². The van der Waals surface area contributed by atoms with Crippen molar-refractivity contribution in [2.24, 2.45) is 11.8 Å². The van der Waals surface area contributed by atoms with E-state index in [1.165, 1.54) is 218 Å². The van der Waals surface area contributed by atoms with Crippen molar-refractivity contribution in [3.05, 3.63) is 0 Å². The second kappa shape index (κ2) is 51.8. The predicted octanol–water partition coefficient (Wildman–Crippen LogP) is 19.3. The van der Waals surface area contributed by atoms with Gasteiger partial charge < -0.3 is 14.2 Å². The maximum atomic E-state index is 12.8. The van der Waals surface area contributed by atoms with E-state index in [0.29, 0.717) is 19.3 Å². The highest BCUT2D eigenvalue weighted by Crippen LogP contribution is 2.18. The third-order valence-corrected chi connectivity index (χ3v) is 13.5. The molecule has 6 heteroatoms. The second-order valence-electron chi connectivity index (χ2n) is 21.2. The molecule has 0 aromatic rings. The molecule has 65 heavy (non-hydrogen) atoms. The fourth-order valence-corrected chi connectivity index (χ4v) is 9.05. The third-order valence-electron chi connectivity index (χ3n) is 13.5. The largest absolute Gasteiger partial charge is 0.462 e. The van der Waals surface area contributed by atoms with Gasteiger partial charge in [-0.25, -0.2) is 0 Å². The Morgan fingerprint density at radius 1 is 0.292 bits per heavy atom. The van der Waals surface area contributed by atoms with Crippen LogP contribution < -0.4 is 0 Å². The highest BCUT2D eigenvalue weighted by Gasteiger charge is 2.19. The van der Waals surface area contributed by atoms with Gasteiger partial charge >= 0.3 is 17.9 Å². The lowest BCUT2D eigenvalue weighted by Crippen LogP contribution is -2.30. The van der Waals surface area contributed by atoms with E-state index in [1.807, 2.05) is 0 Å². The summed E-state index contributed by atoms with van der Waals surface area (Å²) in [5.74, 6) is 0.849. The van der Waals surface area contributed by atoms with E-state index >= 15 is 0 Å². The molecule has 1 atom stereocenters. The van der Waals surface area contributed by atoms with Gasteiger partial charge in [0, 0.05) is 19.3 Å². The fraction of sp³-hybridized carbons (Fsp3) is 0.949. The van der Waals surface area contributed by atoms with Gasteiger partial charge in [-0.3, -0.25) is 14.4 Å². The van der Waals surface area contributed by atoms with E-state index < -0.39 is 6.10 Å². The van der Waals surface area contributed by atoms with Crippen LogP contribution >= 0.6 is 0 Å². The van der Waals surface area contributed by atoms with Crippen LogP contribution in [0.4, 0.5) is 0 Å². The Labute approximate surface area is 406 Å². The number of unbranched alkanes of at least 4 members (excludes halogenated alkanes) is 38. The second-order valence-corrected chi connectivity index (χ2v) is 21.2. The summed E-state index contributed by atoms with van der Waals surface area (Å²) >= 11 is 0. The Kier molecular flexibility index (Phi) is 50.5. The average molecular weight is 920 g/mol. The molecular weight excluding hydrogens is 805 g/mol. The molecular formula is C59H114O6. The van der Waals surface area contributed by atoms with Gasteiger partial charge in [-0.2, -0.15) is 0 Å². The molecule has 0 unspecified atom stereocenters. The average Bonchev–Trinajstić information content (AvgIpc) is 3.28. The van der Waals surface area contributed by atoms with Crippen LogP contribution in [0, 0.1) is 11.8 Å². The van der Waals surface area contributed by atoms with Crippen LogP contribution in [0.15, 0.2) is 0 Å². The lowest BCUT2D eigenvalue weighted by atomic mass is 10.0. The molecule has 0 saturated heterocycles. The highest BCUT2D eigenvalue weighted by atomic mass is 16.6. The van der Waals surface area contributed by atoms with Crippen molar-refractivity contribution in [3.8, 4) is 0 Å². The summed E-state index contributed by atoms with van der Waals surface area (Å²) in [4.78, 5) is 38.1. The monoisotopic (exact) mass is 919 g/mol. The Balaban J connectivity index is 4.27. The van der Waals surface area contributed by atoms with Crippen molar-refractivity contribution in [2.45, 2.75) is 336 Å². The number of carbonyl (C=O) groups is 3. The number of rotatable bonds is 53. The van der Waals surface area contributed by atoms with Crippen LogP contribution in [-0.4, -0.2) is 37.2 Å². The first-order valence-electron chi connectivity index (χ1n) is 29.2. The van der Waals surface area contributed by atoms with E-state index in [2.05, 4.69) is 34.6 Å². The zero-order valence-corrected chi connectivity index (χ0v) is 44.6. The molecule has 386 valence electrons. The molecule has 6 nitrogen and oxygen atoms in total. The molecule has 0 spiro atoms. The van der Waals surface area contributed by atoms with E-state index in [1.54, 1.807) is 0 Å². The molecule has 0 aliphatic rings. The van der Waals surface area contributed by atoms with Gasteiger partial charge in [0.25, 0.3) is 0 Å². The third kappa shape index (κ3) is 53.2. The zero-order valence-electron chi connectivity index (χ0n) is 44.6. The number of ether oxygens (including phenoxy) is 3. The summed E-state index contributed by atoms with van der Waals surface area (Å²) in [6.45, 7) is 11.4. The normalized spacial score (nSPS) is 12.0. The summed E-state index contributed by atoms with van der Waals surface area (Å²) < 4.78 is 16.9. The van der Waals surface area contributed by atoms with Crippen molar-refractivity contribution < 1.29 is 28.6 Å². The molecule has 0 aliphatic carbocycles. The van der Waals surface area contributed by atoms with Gasteiger partial charge in [-0.05, 0) is 31.1 Å². The van der Waals surface area contributed by atoms with E-state index in [4.69, 9.17) is 14.2 Å². The van der Waals surface area contributed by atoms with Gasteiger partial charge in [-0.15, -0.1) is 0 Å². The van der Waals surface area contributed by atoms with Gasteiger partial charge in [-0.1, -0.05) is 291 Å². The first kappa shape index (κ1) is 63.4. The molecule has 0 bridgehead atoms. The first-order chi connectivity index (χ1) is 31.7. The van der Waals surface area contributed by atoms with Crippen LogP contribution in [0.2, 0.25) is 0 Å². The maximum Gasteiger partial charge on any atom is 0.306 e. The quantitative estimate of drug-likeness (QED) is 0.0344. The Bertz CT molecular complexity index is 993. The number of carbonyl (C=O) groups excluding carboxylic acids is 3. The molecule has 0 aliphatic heterocycles. The standard InChI is InChI=1S/C59H114O6/c1-6-7-8-9-10-11-12-17-26-31-36-41-46-51-59(62)65-56(53-64-58(61)50-45-40-35-30-25-21-20-23-28-33-38-43-48-55(4)5)52-63-57(60)49-44-39-34-29-24-19-16-14-13-15-18-22-27-32-37-42-47-54(2)3/h54-56H,6-53H2,1-5H3/t56-/m1/s1. The topological polar surface area (TPSA) is 78.9 Å². The lowest BCUT2D eigenvalue weighted by Gasteiger charge is -2.18. The summed E-state index contributed by atoms with van der Waals surface area (Å²) in [5.41, 5.74) is 0. The molecule has 0 saturated carbocycles. The highest BCUT2D eigenvalue weighted by molar-refractivity contribution is 5.71. The number of hydrogen-bond donors (Lipinski definition) is 0. The Hall–Kier alpha value is -1.59. The lowest BCUT2D eigenvalue weighted by molar-refractivity contribution is -0.167. The summed E-state index contributed by atoms with van der Waals surface area (Å²) in [7, 11) is 0. The molecule has 0 radical (unpaired) electrons. The molecule has 0 amide bonds. The minimum Gasteiger partial charge on any atom is -0.462 e. The minimum atomic E-state index is -0.762. The van der Waals surface area contributed by atoms with Gasteiger partial charge in [0.15, 0.2) is 6.10 Å². The number of hydrogen-bond acceptors (Lipinski definition) is 6.